The smallest absolute Gasteiger partial charge is 0.161 e. The van der Waals surface area contributed by atoms with Gasteiger partial charge in [0.05, 0.1) is 22.1 Å². The van der Waals surface area contributed by atoms with Gasteiger partial charge in [-0.1, -0.05) is 170 Å². The van der Waals surface area contributed by atoms with Gasteiger partial charge in [0.15, 0.2) is 5.82 Å². The summed E-state index contributed by atoms with van der Waals surface area (Å²) < 4.78 is 2.15. The summed E-state index contributed by atoms with van der Waals surface area (Å²) in [7, 11) is 0. The number of fused-ring (bicyclic) bond motifs is 4. The van der Waals surface area contributed by atoms with Gasteiger partial charge in [-0.05, 0) is 86.8 Å². The second-order valence-corrected chi connectivity index (χ2v) is 13.3. The molecule has 2 N–H and O–H groups in total. The van der Waals surface area contributed by atoms with Crippen molar-refractivity contribution in [3.05, 3.63) is 239 Å². The van der Waals surface area contributed by atoms with E-state index >= 15 is 0 Å². The first kappa shape index (κ1) is 31.3. The number of hydrogen-bond donors (Lipinski definition) is 1. The van der Waals surface area contributed by atoms with E-state index in [2.05, 4.69) is 168 Å². The number of benzene rings is 7. The van der Waals surface area contributed by atoms with Crippen molar-refractivity contribution < 1.29 is 0 Å². The lowest BCUT2D eigenvalue weighted by Crippen LogP contribution is -2.28. The highest BCUT2D eigenvalue weighted by molar-refractivity contribution is 5.88. The van der Waals surface area contributed by atoms with Crippen molar-refractivity contribution in [2.75, 3.05) is 0 Å². The van der Waals surface area contributed by atoms with E-state index in [1.165, 1.54) is 38.9 Å². The maximum absolute atomic E-state index is 7.07. The molecule has 0 fully saturated rings. The summed E-state index contributed by atoms with van der Waals surface area (Å²) in [5, 5.41) is 0. The van der Waals surface area contributed by atoms with Crippen molar-refractivity contribution in [1.29, 1.82) is 0 Å². The fraction of sp³-hybridized carbons (Fsp3) is 0.0408. The summed E-state index contributed by atoms with van der Waals surface area (Å²) in [5.41, 5.74) is 21.2. The zero-order valence-corrected chi connectivity index (χ0v) is 28.7. The van der Waals surface area contributed by atoms with Gasteiger partial charge in [-0.3, -0.25) is 4.57 Å². The van der Waals surface area contributed by atoms with E-state index in [1.807, 2.05) is 36.4 Å². The Bertz CT molecular complexity index is 2530. The maximum Gasteiger partial charge on any atom is 0.161 e. The van der Waals surface area contributed by atoms with Crippen LogP contribution in [-0.4, -0.2) is 9.55 Å². The van der Waals surface area contributed by atoms with Crippen LogP contribution in [0.4, 0.5) is 0 Å². The Labute approximate surface area is 304 Å². The third-order valence-corrected chi connectivity index (χ3v) is 10.4. The van der Waals surface area contributed by atoms with E-state index in [4.69, 9.17) is 10.7 Å². The maximum atomic E-state index is 7.07. The number of allylic oxidation sites excluding steroid dienone is 3. The number of imidazole rings is 1. The average Bonchev–Trinajstić information content (AvgIpc) is 3.76. The number of aromatic nitrogens is 2. The minimum atomic E-state index is -0.448. The molecule has 0 unspecified atom stereocenters. The van der Waals surface area contributed by atoms with Gasteiger partial charge in [-0.15, -0.1) is 0 Å². The Balaban J connectivity index is 1.20. The van der Waals surface area contributed by atoms with E-state index in [-0.39, 0.29) is 0 Å². The summed E-state index contributed by atoms with van der Waals surface area (Å²) in [6, 6.07) is 66.8. The molecule has 0 bridgehead atoms. The van der Waals surface area contributed by atoms with Crippen LogP contribution >= 0.6 is 0 Å². The number of para-hydroxylation sites is 3. The van der Waals surface area contributed by atoms with Crippen LogP contribution in [0.3, 0.4) is 0 Å². The molecule has 1 aromatic heterocycles. The van der Waals surface area contributed by atoms with Crippen LogP contribution in [-0.2, 0) is 11.8 Å². The molecule has 0 atom stereocenters. The fourth-order valence-corrected chi connectivity index (χ4v) is 8.02. The molecule has 1 heterocycles. The van der Waals surface area contributed by atoms with Crippen molar-refractivity contribution in [2.24, 2.45) is 5.73 Å². The SMILES string of the molecule is N/C(=C\C(=C/Cc1ccccc1)c1ccc(C2(c3ccccc3)c3ccccc3-c3ccccc32)cc1)c1nc2ccccc2n1-c1ccccc1. The van der Waals surface area contributed by atoms with Crippen LogP contribution in [0.1, 0.15) is 39.2 Å². The molecule has 52 heavy (non-hydrogen) atoms. The summed E-state index contributed by atoms with van der Waals surface area (Å²) in [6.45, 7) is 0. The van der Waals surface area contributed by atoms with Gasteiger partial charge in [0.1, 0.15) is 0 Å². The predicted molar refractivity (Wildman–Crippen MR) is 215 cm³/mol. The highest BCUT2D eigenvalue weighted by Gasteiger charge is 2.45. The highest BCUT2D eigenvalue weighted by atomic mass is 15.1. The van der Waals surface area contributed by atoms with Crippen molar-refractivity contribution in [3.8, 4) is 16.8 Å². The Morgan fingerprint density at radius 3 is 1.77 bits per heavy atom. The summed E-state index contributed by atoms with van der Waals surface area (Å²) >= 11 is 0. The standard InChI is InChI=1S/C49H37N3/c50-45(48-51-46-26-14-15-27-47(46)52(48)40-20-8-3-9-21-40)34-37(29-28-35-16-4-1-5-17-35)36-30-32-39(33-31-36)49(38-18-6-2-7-19-38)43-24-12-10-22-41(43)42-23-11-13-25-44(42)49/h1-27,29-34H,28,50H2/b37-29+,45-34-. The molecule has 9 rings (SSSR count). The molecule has 0 saturated carbocycles. The van der Waals surface area contributed by atoms with Crippen LogP contribution in [0.5, 0.6) is 0 Å². The minimum Gasteiger partial charge on any atom is -0.396 e. The fourth-order valence-electron chi connectivity index (χ4n) is 8.02. The largest absolute Gasteiger partial charge is 0.396 e. The topological polar surface area (TPSA) is 43.8 Å². The number of nitrogens with zero attached hydrogens (tertiary/aromatic N) is 2. The van der Waals surface area contributed by atoms with E-state index in [0.29, 0.717) is 5.70 Å². The molecule has 0 spiro atoms. The summed E-state index contributed by atoms with van der Waals surface area (Å²) in [5.74, 6) is 0.719. The van der Waals surface area contributed by atoms with Crippen LogP contribution in [0, 0.1) is 0 Å². The third-order valence-electron chi connectivity index (χ3n) is 10.4. The van der Waals surface area contributed by atoms with Gasteiger partial charge >= 0.3 is 0 Å². The van der Waals surface area contributed by atoms with E-state index in [1.54, 1.807) is 0 Å². The first-order chi connectivity index (χ1) is 25.7. The molecule has 1 aliphatic rings. The molecule has 0 radical (unpaired) electrons. The summed E-state index contributed by atoms with van der Waals surface area (Å²) in [6.07, 6.45) is 5.14. The van der Waals surface area contributed by atoms with Gasteiger partial charge in [0.2, 0.25) is 0 Å². The Hall–Kier alpha value is -6.71. The molecule has 0 amide bonds. The van der Waals surface area contributed by atoms with Gasteiger partial charge in [-0.2, -0.15) is 0 Å². The number of nitrogens with two attached hydrogens (primary N) is 1. The number of rotatable bonds is 8. The quantitative estimate of drug-likeness (QED) is 0.164. The lowest BCUT2D eigenvalue weighted by molar-refractivity contribution is 0.768. The Kier molecular flexibility index (Phi) is 7.94. The van der Waals surface area contributed by atoms with Gasteiger partial charge in [0.25, 0.3) is 0 Å². The zero-order valence-electron chi connectivity index (χ0n) is 28.7. The van der Waals surface area contributed by atoms with Crippen molar-refractivity contribution in [2.45, 2.75) is 11.8 Å². The first-order valence-corrected chi connectivity index (χ1v) is 17.8. The van der Waals surface area contributed by atoms with Crippen molar-refractivity contribution in [1.82, 2.24) is 9.55 Å². The number of hydrogen-bond acceptors (Lipinski definition) is 2. The second kappa shape index (κ2) is 13.2. The van der Waals surface area contributed by atoms with E-state index in [9.17, 15) is 0 Å². The molecule has 0 aliphatic heterocycles. The van der Waals surface area contributed by atoms with E-state index < -0.39 is 5.41 Å². The Morgan fingerprint density at radius 1 is 0.558 bits per heavy atom. The Morgan fingerprint density at radius 2 is 1.10 bits per heavy atom. The molecule has 0 saturated heterocycles. The van der Waals surface area contributed by atoms with E-state index in [0.717, 1.165) is 40.1 Å². The summed E-state index contributed by atoms with van der Waals surface area (Å²) in [4.78, 5) is 5.05. The van der Waals surface area contributed by atoms with Gasteiger partial charge < -0.3 is 5.73 Å². The minimum absolute atomic E-state index is 0.448. The lowest BCUT2D eigenvalue weighted by atomic mass is 9.67. The average molecular weight is 668 g/mol. The normalized spacial score (nSPS) is 13.5. The first-order valence-electron chi connectivity index (χ1n) is 17.8. The molecule has 3 nitrogen and oxygen atoms in total. The van der Waals surface area contributed by atoms with Crippen LogP contribution in [0.25, 0.3) is 39.1 Å². The van der Waals surface area contributed by atoms with Crippen molar-refractivity contribution in [3.63, 3.8) is 0 Å². The highest BCUT2D eigenvalue weighted by Crippen LogP contribution is 2.56. The lowest BCUT2D eigenvalue weighted by Gasteiger charge is -2.34. The zero-order chi connectivity index (χ0) is 34.9. The molecular formula is C49H37N3. The molecule has 7 aromatic carbocycles. The van der Waals surface area contributed by atoms with Crippen LogP contribution in [0.2, 0.25) is 0 Å². The molecule has 1 aliphatic carbocycles. The molecule has 248 valence electrons. The second-order valence-electron chi connectivity index (χ2n) is 13.3. The van der Waals surface area contributed by atoms with Gasteiger partial charge in [-0.25, -0.2) is 4.98 Å². The van der Waals surface area contributed by atoms with Crippen molar-refractivity contribution >= 4 is 22.3 Å². The van der Waals surface area contributed by atoms with Gasteiger partial charge in [0, 0.05) is 5.69 Å². The predicted octanol–water partition coefficient (Wildman–Crippen LogP) is 11.0. The third kappa shape index (κ3) is 5.26. The molecule has 3 heteroatoms. The van der Waals surface area contributed by atoms with Crippen LogP contribution < -0.4 is 5.73 Å². The molecule has 8 aromatic rings. The molecular weight excluding hydrogens is 631 g/mol. The monoisotopic (exact) mass is 667 g/mol. The van der Waals surface area contributed by atoms with Crippen LogP contribution in [0.15, 0.2) is 200 Å².